The molecule has 0 fully saturated rings. The second kappa shape index (κ2) is 5.53. The number of rotatable bonds is 2. The molecule has 2 N–H and O–H groups in total. The van der Waals surface area contributed by atoms with E-state index >= 15 is 0 Å². The van der Waals surface area contributed by atoms with E-state index in [9.17, 15) is 0 Å². The highest BCUT2D eigenvalue weighted by Crippen LogP contribution is 2.28. The molecule has 3 rings (SSSR count). The Labute approximate surface area is 122 Å². The minimum atomic E-state index is 0.803. The molecule has 1 aromatic carbocycles. The van der Waals surface area contributed by atoms with E-state index in [1.54, 1.807) is 11.3 Å². The number of hydrogen-bond acceptors (Lipinski definition) is 3. The van der Waals surface area contributed by atoms with Crippen LogP contribution in [-0.2, 0) is 19.4 Å². The van der Waals surface area contributed by atoms with Crippen LogP contribution in [0.25, 0.3) is 0 Å². The monoisotopic (exact) mass is 292 g/mol. The topological polar surface area (TPSA) is 29.3 Å². The van der Waals surface area contributed by atoms with E-state index in [1.165, 1.54) is 16.0 Å². The van der Waals surface area contributed by atoms with Crippen LogP contribution >= 0.6 is 22.9 Å². The molecular weight excluding hydrogens is 276 g/mol. The molecule has 0 saturated heterocycles. The Morgan fingerprint density at radius 2 is 1.89 bits per heavy atom. The van der Waals surface area contributed by atoms with Crippen molar-refractivity contribution in [2.75, 3.05) is 18.8 Å². The first-order valence-electron chi connectivity index (χ1n) is 6.54. The largest absolute Gasteiger partial charge is 0.391 e. The van der Waals surface area contributed by atoms with E-state index in [-0.39, 0.29) is 0 Å². The van der Waals surface area contributed by atoms with Gasteiger partial charge in [-0.25, -0.2) is 0 Å². The predicted molar refractivity (Wildman–Crippen MR) is 82.9 cm³/mol. The van der Waals surface area contributed by atoms with Crippen LogP contribution in [0.1, 0.15) is 16.0 Å². The quantitative estimate of drug-likeness (QED) is 0.916. The molecule has 2 nitrogen and oxygen atoms in total. The fourth-order valence-electron chi connectivity index (χ4n) is 2.57. The number of nitrogens with zero attached hydrogens (tertiary/aromatic N) is 1. The number of halogens is 1. The summed E-state index contributed by atoms with van der Waals surface area (Å²) in [7, 11) is 0. The third-order valence-corrected chi connectivity index (χ3v) is 4.91. The molecule has 0 spiro atoms. The van der Waals surface area contributed by atoms with Gasteiger partial charge < -0.3 is 5.73 Å². The van der Waals surface area contributed by atoms with Crippen molar-refractivity contribution >= 4 is 27.9 Å². The third-order valence-electron chi connectivity index (χ3n) is 3.59. The zero-order valence-corrected chi connectivity index (χ0v) is 12.3. The molecule has 100 valence electrons. The first-order chi connectivity index (χ1) is 9.20. The van der Waals surface area contributed by atoms with E-state index in [0.29, 0.717) is 0 Å². The van der Waals surface area contributed by atoms with Crippen molar-refractivity contribution < 1.29 is 0 Å². The second-order valence-corrected chi connectivity index (χ2v) is 6.60. The number of nitrogen functional groups attached to an aromatic ring is 1. The summed E-state index contributed by atoms with van der Waals surface area (Å²) in [6.07, 6.45) is 2.22. The number of hydrogen-bond donors (Lipinski definition) is 1. The van der Waals surface area contributed by atoms with Crippen LogP contribution in [-0.4, -0.2) is 18.0 Å². The first-order valence-corrected chi connectivity index (χ1v) is 7.74. The fourth-order valence-corrected chi connectivity index (χ4v) is 3.67. The molecule has 1 aliphatic heterocycles. The predicted octanol–water partition coefficient (Wildman–Crippen LogP) is 3.58. The summed E-state index contributed by atoms with van der Waals surface area (Å²) in [5, 5.41) is 1.76. The maximum absolute atomic E-state index is 5.92. The van der Waals surface area contributed by atoms with E-state index in [0.717, 1.165) is 42.5 Å². The Morgan fingerprint density at radius 1 is 1.16 bits per heavy atom. The lowest BCUT2D eigenvalue weighted by atomic mass is 10.2. The van der Waals surface area contributed by atoms with Gasteiger partial charge >= 0.3 is 0 Å². The molecule has 2 aromatic rings. The first kappa shape index (κ1) is 13.0. The molecule has 19 heavy (non-hydrogen) atoms. The summed E-state index contributed by atoms with van der Waals surface area (Å²) < 4.78 is 0. The summed E-state index contributed by atoms with van der Waals surface area (Å²) in [4.78, 5) is 3.97. The van der Waals surface area contributed by atoms with Crippen LogP contribution < -0.4 is 5.73 Å². The van der Waals surface area contributed by atoms with Crippen molar-refractivity contribution in [2.24, 2.45) is 0 Å². The summed E-state index contributed by atoms with van der Waals surface area (Å²) >= 11 is 7.66. The van der Waals surface area contributed by atoms with Crippen molar-refractivity contribution in [1.29, 1.82) is 0 Å². The van der Waals surface area contributed by atoms with Crippen LogP contribution in [0.3, 0.4) is 0 Å². The Balaban J connectivity index is 1.65. The van der Waals surface area contributed by atoms with Crippen LogP contribution in [0.5, 0.6) is 0 Å². The highest BCUT2D eigenvalue weighted by atomic mass is 35.5. The number of benzene rings is 1. The normalized spacial score (nSPS) is 16.1. The summed E-state index contributed by atoms with van der Waals surface area (Å²) in [5.74, 6) is 0. The molecule has 0 saturated carbocycles. The summed E-state index contributed by atoms with van der Waals surface area (Å²) in [6.45, 7) is 3.21. The van der Waals surface area contributed by atoms with Gasteiger partial charge in [0.25, 0.3) is 0 Å². The average Bonchev–Trinajstić information content (AvgIpc) is 2.66. The Kier molecular flexibility index (Phi) is 3.78. The van der Waals surface area contributed by atoms with Crippen molar-refractivity contribution in [1.82, 2.24) is 4.90 Å². The molecule has 0 bridgehead atoms. The molecule has 0 amide bonds. The van der Waals surface area contributed by atoms with E-state index in [2.05, 4.69) is 23.1 Å². The van der Waals surface area contributed by atoms with Gasteiger partial charge in [-0.2, -0.15) is 0 Å². The highest BCUT2D eigenvalue weighted by Gasteiger charge is 2.16. The van der Waals surface area contributed by atoms with Gasteiger partial charge in [0.1, 0.15) is 0 Å². The Hall–Kier alpha value is -1.03. The smallest absolute Gasteiger partial charge is 0.0862 e. The summed E-state index contributed by atoms with van der Waals surface area (Å²) in [5.41, 5.74) is 8.65. The molecule has 2 heterocycles. The minimum absolute atomic E-state index is 0.803. The van der Waals surface area contributed by atoms with Gasteiger partial charge in [-0.3, -0.25) is 4.90 Å². The zero-order chi connectivity index (χ0) is 13.2. The maximum Gasteiger partial charge on any atom is 0.0862 e. The fraction of sp³-hybridized carbons (Fsp3) is 0.333. The van der Waals surface area contributed by atoms with Crippen LogP contribution in [0.15, 0.2) is 30.3 Å². The molecule has 0 atom stereocenters. The summed E-state index contributed by atoms with van der Waals surface area (Å²) in [6, 6.07) is 10.3. The van der Waals surface area contributed by atoms with Gasteiger partial charge in [0.2, 0.25) is 0 Å². The molecular formula is C15H17ClN2S. The van der Waals surface area contributed by atoms with Crippen LogP contribution in [0.4, 0.5) is 5.00 Å². The standard InChI is InChI=1S/C15H17ClN2S/c16-13-3-1-11(2-4-13)10-18-7-5-12-9-15(17)19-14(12)6-8-18/h1-4,9H,5-8,10,17H2. The lowest BCUT2D eigenvalue weighted by molar-refractivity contribution is 0.279. The molecule has 0 radical (unpaired) electrons. The van der Waals surface area contributed by atoms with E-state index < -0.39 is 0 Å². The zero-order valence-electron chi connectivity index (χ0n) is 10.7. The van der Waals surface area contributed by atoms with Crippen molar-refractivity contribution in [3.63, 3.8) is 0 Å². The van der Waals surface area contributed by atoms with Gasteiger partial charge in [0.05, 0.1) is 5.00 Å². The van der Waals surface area contributed by atoms with Gasteiger partial charge in [0.15, 0.2) is 0 Å². The van der Waals surface area contributed by atoms with Crippen molar-refractivity contribution in [3.8, 4) is 0 Å². The third kappa shape index (κ3) is 3.11. The van der Waals surface area contributed by atoms with Crippen molar-refractivity contribution in [2.45, 2.75) is 19.4 Å². The van der Waals surface area contributed by atoms with Gasteiger partial charge in [-0.1, -0.05) is 23.7 Å². The van der Waals surface area contributed by atoms with Crippen LogP contribution in [0.2, 0.25) is 5.02 Å². The van der Waals surface area contributed by atoms with Gasteiger partial charge in [-0.05, 0) is 42.2 Å². The average molecular weight is 293 g/mol. The van der Waals surface area contributed by atoms with E-state index in [4.69, 9.17) is 17.3 Å². The second-order valence-electron chi connectivity index (χ2n) is 5.00. The van der Waals surface area contributed by atoms with Gasteiger partial charge in [0, 0.05) is 29.5 Å². The lowest BCUT2D eigenvalue weighted by Crippen LogP contribution is -2.25. The molecule has 4 heteroatoms. The SMILES string of the molecule is Nc1cc2c(s1)CCN(Cc1ccc(Cl)cc1)CC2. The van der Waals surface area contributed by atoms with Crippen molar-refractivity contribution in [3.05, 3.63) is 51.4 Å². The number of thiophene rings is 1. The molecule has 0 unspecified atom stereocenters. The molecule has 1 aromatic heterocycles. The highest BCUT2D eigenvalue weighted by molar-refractivity contribution is 7.16. The minimum Gasteiger partial charge on any atom is -0.391 e. The number of fused-ring (bicyclic) bond motifs is 1. The molecule has 0 aliphatic carbocycles. The number of nitrogens with two attached hydrogens (primary N) is 1. The maximum atomic E-state index is 5.92. The Morgan fingerprint density at radius 3 is 2.68 bits per heavy atom. The van der Waals surface area contributed by atoms with Crippen LogP contribution in [0, 0.1) is 0 Å². The lowest BCUT2D eigenvalue weighted by Gasteiger charge is -2.19. The van der Waals surface area contributed by atoms with E-state index in [1.807, 2.05) is 12.1 Å². The number of anilines is 1. The molecule has 1 aliphatic rings. The Bertz CT molecular complexity index is 537. The van der Waals surface area contributed by atoms with Gasteiger partial charge in [-0.15, -0.1) is 11.3 Å².